The zero-order valence-electron chi connectivity index (χ0n) is 32.3. The van der Waals surface area contributed by atoms with Gasteiger partial charge in [-0.15, -0.1) is 0 Å². The molecule has 0 bridgehead atoms. The average molecular weight is 1370 g/mol. The fourth-order valence-electron chi connectivity index (χ4n) is 6.75. The van der Waals surface area contributed by atoms with E-state index in [0.29, 0.717) is 25.9 Å². The van der Waals surface area contributed by atoms with E-state index < -0.39 is 91.9 Å². The van der Waals surface area contributed by atoms with Crippen LogP contribution in [-0.2, 0) is 36.2 Å². The number of rotatable bonds is 6. The Hall–Kier alpha value is 5.84. The van der Waals surface area contributed by atoms with Crippen molar-refractivity contribution in [2.24, 2.45) is 65.0 Å². The molecule has 46 heteroatoms. The first-order valence-electron chi connectivity index (χ1n) is 18.3. The van der Waals surface area contributed by atoms with E-state index in [9.17, 15) is 0 Å². The van der Waals surface area contributed by atoms with Crippen LogP contribution in [0.4, 0.5) is 0 Å². The van der Waals surface area contributed by atoms with Gasteiger partial charge in [-0.25, -0.2) is 0 Å². The zero-order chi connectivity index (χ0) is 46.2. The molecule has 0 aliphatic carbocycles. The van der Waals surface area contributed by atoms with Gasteiger partial charge in [0, 0.05) is 13.1 Å². The van der Waals surface area contributed by atoms with Crippen molar-refractivity contribution < 1.29 is 36.2 Å². The summed E-state index contributed by atoms with van der Waals surface area (Å²) in [7, 11) is -20.7. The van der Waals surface area contributed by atoms with E-state index in [1.54, 1.807) is 0 Å². The number of hydrogen-bond donors (Lipinski definition) is 0. The molecule has 0 aromatic heterocycles. The standard InChI is InChI=1S/C18H34Cl12N14O8P12/c1-3-5-7-43-59(33-57(27,28)39-63(41-59)49-13-17(14-50-63)9-45-61(46-10-17)35-53(19,20)31-54(21,22)36-61)44(8-6-4-2)60(43)34-58(29,30)40-64(42-60)51-15-18(16-52-64)11-47-62(48-12-18)37-55(23,24)32-56(25,26)38-62/h3-16H2,1-2H3. The molecule has 22 nitrogen and oxygen atoms in total. The van der Waals surface area contributed by atoms with Gasteiger partial charge in [0.1, 0.15) is 0 Å². The van der Waals surface area contributed by atoms with Gasteiger partial charge in [-0.3, -0.25) is 0 Å². The SMILES string of the molecule is CCCCN1P2(=NP(Cl)(Cl)=NP3(=N2)OCC2(COP4(=NP(Cl)(Cl)=NP(Cl)(Cl)=N4)OC2)CO3)N(CCCC)P12=NP(Cl)(Cl)=NP1(=N2)OCC2(COP3(=NP(Cl)(Cl)=NP(Cl)(Cl)=N3)OC2)CO1. The third kappa shape index (κ3) is 11.0. The molecule has 0 unspecified atom stereocenters. The topological polar surface area (TPSA) is 229 Å². The molecule has 368 valence electrons. The van der Waals surface area contributed by atoms with Gasteiger partial charge in [0.25, 0.3) is 35.5 Å². The number of unbranched alkanes of at least 4 members (excludes halogenated alkanes) is 2. The molecule has 9 aliphatic rings. The van der Waals surface area contributed by atoms with E-state index in [2.05, 4.69) is 27.1 Å². The highest BCUT2D eigenvalue weighted by Gasteiger charge is 2.67. The molecule has 9 heterocycles. The second kappa shape index (κ2) is 18.8. The fourth-order valence-corrected chi connectivity index (χ4v) is 65.7. The van der Waals surface area contributed by atoms with Crippen molar-refractivity contribution in [3.63, 3.8) is 0 Å². The molecule has 5 fully saturated rings. The molecule has 64 heavy (non-hydrogen) atoms. The Labute approximate surface area is 427 Å². The first-order valence-corrected chi connectivity index (χ1v) is 48.6. The van der Waals surface area contributed by atoms with Crippen molar-refractivity contribution in [3.05, 3.63) is 0 Å². The molecule has 0 radical (unpaired) electrons. The average Bonchev–Trinajstić information content (AvgIpc) is 3.13. The predicted octanol–water partition coefficient (Wildman–Crippen LogP) is 22.6. The molecular formula is C18H34Cl12N14O8P12. The molecule has 0 N–H and O–H groups in total. The van der Waals surface area contributed by atoms with Crippen molar-refractivity contribution in [2.75, 3.05) is 65.9 Å². The Balaban J connectivity index is 1.04. The van der Waals surface area contributed by atoms with Crippen LogP contribution < -0.4 is 0 Å². The predicted molar refractivity (Wildman–Crippen MR) is 278 cm³/mol. The third-order valence-electron chi connectivity index (χ3n) is 9.65. The minimum Gasteiger partial charge on any atom is -0.305 e. The summed E-state index contributed by atoms with van der Waals surface area (Å²) >= 11 is 79.0. The van der Waals surface area contributed by atoms with Crippen LogP contribution in [-0.4, -0.2) is 74.8 Å². The Morgan fingerprint density at radius 1 is 0.344 bits per heavy atom. The van der Waals surface area contributed by atoms with Gasteiger partial charge >= 0.3 is 30.6 Å². The summed E-state index contributed by atoms with van der Waals surface area (Å²) in [6, 6.07) is 0. The van der Waals surface area contributed by atoms with Gasteiger partial charge in [0.2, 0.25) is 15.0 Å². The minimum absolute atomic E-state index is 0.0122. The van der Waals surface area contributed by atoms with E-state index in [-0.39, 0.29) is 52.9 Å². The monoisotopic (exact) mass is 1370 g/mol. The van der Waals surface area contributed by atoms with Crippen LogP contribution in [0.1, 0.15) is 39.5 Å². The molecule has 0 amide bonds. The first kappa shape index (κ1) is 54.6. The summed E-state index contributed by atoms with van der Waals surface area (Å²) in [6.45, 7) is 4.98. The fraction of sp³-hybridized carbons (Fsp3) is 1.00. The summed E-state index contributed by atoms with van der Waals surface area (Å²) in [6.07, 6.45) is 2.91. The number of nitrogens with zero attached hydrogens (tertiary/aromatic N) is 14. The molecular weight excluding hydrogens is 1340 g/mol. The van der Waals surface area contributed by atoms with Crippen molar-refractivity contribution in [2.45, 2.75) is 39.5 Å². The largest absolute Gasteiger partial charge is 0.345 e. The van der Waals surface area contributed by atoms with Gasteiger partial charge < -0.3 is 36.2 Å². The number of hydrogen-bond acceptors (Lipinski definition) is 22. The van der Waals surface area contributed by atoms with Crippen molar-refractivity contribution in [3.8, 4) is 0 Å². The van der Waals surface area contributed by atoms with E-state index in [4.69, 9.17) is 198 Å². The molecule has 0 aromatic carbocycles. The zero-order valence-corrected chi connectivity index (χ0v) is 52.1. The van der Waals surface area contributed by atoms with E-state index in [1.807, 2.05) is 22.7 Å². The van der Waals surface area contributed by atoms with Crippen LogP contribution in [0, 0.1) is 10.8 Å². The summed E-state index contributed by atoms with van der Waals surface area (Å²) < 4.78 is 110. The minimum atomic E-state index is -3.61. The maximum absolute atomic E-state index is 7.09. The lowest BCUT2D eigenvalue weighted by Crippen LogP contribution is -2.46. The highest BCUT2D eigenvalue weighted by molar-refractivity contribution is 8.21. The van der Waals surface area contributed by atoms with Gasteiger partial charge in [0.05, 0.1) is 63.7 Å². The van der Waals surface area contributed by atoms with Gasteiger partial charge in [0.15, 0.2) is 0 Å². The summed E-state index contributed by atoms with van der Waals surface area (Å²) in [4.78, 5) is 0. The van der Waals surface area contributed by atoms with Crippen molar-refractivity contribution >= 4 is 216 Å². The van der Waals surface area contributed by atoms with Crippen molar-refractivity contribution in [1.29, 1.82) is 0 Å². The molecule has 0 atom stereocenters. The van der Waals surface area contributed by atoms with E-state index >= 15 is 0 Å². The van der Waals surface area contributed by atoms with E-state index in [1.165, 1.54) is 0 Å². The maximum Gasteiger partial charge on any atom is 0.345 e. The van der Waals surface area contributed by atoms with Gasteiger partial charge in [-0.2, -0.15) is 63.1 Å². The van der Waals surface area contributed by atoms with Gasteiger partial charge in [-0.05, 0) is 148 Å². The second-order valence-corrected chi connectivity index (χ2v) is 59.8. The third-order valence-corrected chi connectivity index (χ3v) is 55.5. The van der Waals surface area contributed by atoms with Crippen LogP contribution in [0.25, 0.3) is 0 Å². The molecule has 8 spiro atoms. The lowest BCUT2D eigenvalue weighted by atomic mass is 9.93. The molecule has 5 saturated heterocycles. The Morgan fingerprint density at radius 2 is 0.578 bits per heavy atom. The smallest absolute Gasteiger partial charge is 0.305 e. The number of halogens is 12. The molecule has 0 aromatic rings. The summed E-state index contributed by atoms with van der Waals surface area (Å²) in [5.74, 6) is -20.3. The Bertz CT molecular complexity index is 2510. The van der Waals surface area contributed by atoms with E-state index in [0.717, 1.165) is 12.8 Å². The molecule has 9 rings (SSSR count). The van der Waals surface area contributed by atoms with Crippen LogP contribution in [0.5, 0.6) is 0 Å². The highest BCUT2D eigenvalue weighted by atomic mass is 35.9. The van der Waals surface area contributed by atoms with Crippen molar-refractivity contribution in [1.82, 2.24) is 8.88 Å². The van der Waals surface area contributed by atoms with Crippen LogP contribution >= 0.6 is 216 Å². The highest BCUT2D eigenvalue weighted by Crippen LogP contribution is 3.01. The van der Waals surface area contributed by atoms with Crippen LogP contribution in [0.15, 0.2) is 54.2 Å². The molecule has 0 saturated carbocycles. The Morgan fingerprint density at radius 3 is 0.828 bits per heavy atom. The van der Waals surface area contributed by atoms with Gasteiger partial charge in [-0.1, -0.05) is 26.7 Å². The quantitative estimate of drug-likeness (QED) is 0.228. The van der Waals surface area contributed by atoms with Crippen LogP contribution in [0.3, 0.4) is 0 Å². The lowest BCUT2D eigenvalue weighted by molar-refractivity contribution is -0.0578. The molecule has 9 aliphatic heterocycles. The van der Waals surface area contributed by atoms with Crippen LogP contribution in [0.2, 0.25) is 0 Å². The second-order valence-electron chi connectivity index (χ2n) is 14.9. The lowest BCUT2D eigenvalue weighted by Gasteiger charge is -2.60. The summed E-state index contributed by atoms with van der Waals surface area (Å²) in [5, 5.41) is 0. The summed E-state index contributed by atoms with van der Waals surface area (Å²) in [5.41, 5.74) is -1.71. The maximum atomic E-state index is 7.09. The first-order chi connectivity index (χ1) is 29.5. The normalized spacial score (nSPS) is 42.5. The Kier molecular flexibility index (Phi) is 16.0.